The van der Waals surface area contributed by atoms with Gasteiger partial charge in [0.25, 0.3) is 5.91 Å². The molecule has 2 heterocycles. The van der Waals surface area contributed by atoms with Crippen LogP contribution in [0.25, 0.3) is 0 Å². The second-order valence-electron chi connectivity index (χ2n) is 7.82. The molecule has 2 aromatic rings. The standard InChI is InChI=1S/C20H27N3O3S2/c1-14-13-17-9-12-27-19(17)15(2)23(14,3)11-10-21-20(24)16-5-7-18(8-6-16)22-28(4,25)26/h5-9,12,14-15H,10-11,13H2,1-4H3,(H-,21,22,24)/p+1/t14-,15+,23?/m1/s1. The summed E-state index contributed by atoms with van der Waals surface area (Å²) in [5, 5.41) is 5.18. The second-order valence-corrected chi connectivity index (χ2v) is 10.5. The van der Waals surface area contributed by atoms with Gasteiger partial charge in [-0.1, -0.05) is 0 Å². The Morgan fingerprint density at radius 1 is 1.21 bits per heavy atom. The van der Waals surface area contributed by atoms with Crippen molar-refractivity contribution in [2.24, 2.45) is 0 Å². The lowest BCUT2D eigenvalue weighted by molar-refractivity contribution is -0.959. The third-order valence-electron chi connectivity index (χ3n) is 5.90. The highest BCUT2D eigenvalue weighted by Crippen LogP contribution is 2.40. The molecule has 8 heteroatoms. The molecular weight excluding hydrogens is 394 g/mol. The van der Waals surface area contributed by atoms with E-state index in [-0.39, 0.29) is 5.91 Å². The van der Waals surface area contributed by atoms with Gasteiger partial charge in [0.05, 0.1) is 37.3 Å². The molecule has 1 aliphatic rings. The quantitative estimate of drug-likeness (QED) is 0.703. The number of thiophene rings is 1. The van der Waals surface area contributed by atoms with E-state index in [0.717, 1.165) is 23.7 Å². The first-order chi connectivity index (χ1) is 13.1. The number of quaternary nitrogens is 1. The fraction of sp³-hybridized carbons (Fsp3) is 0.450. The minimum Gasteiger partial charge on any atom is -0.346 e. The minimum absolute atomic E-state index is 0.147. The van der Waals surface area contributed by atoms with E-state index in [1.807, 2.05) is 11.3 Å². The van der Waals surface area contributed by atoms with Gasteiger partial charge in [-0.25, -0.2) is 8.42 Å². The van der Waals surface area contributed by atoms with Gasteiger partial charge in [0.2, 0.25) is 10.0 Å². The van der Waals surface area contributed by atoms with E-state index in [2.05, 4.69) is 42.4 Å². The summed E-state index contributed by atoms with van der Waals surface area (Å²) >= 11 is 1.83. The van der Waals surface area contributed by atoms with Gasteiger partial charge in [-0.15, -0.1) is 11.3 Å². The van der Waals surface area contributed by atoms with E-state index >= 15 is 0 Å². The van der Waals surface area contributed by atoms with Crippen LogP contribution < -0.4 is 10.0 Å². The van der Waals surface area contributed by atoms with Crippen molar-refractivity contribution in [2.45, 2.75) is 32.4 Å². The van der Waals surface area contributed by atoms with Gasteiger partial charge >= 0.3 is 0 Å². The SMILES string of the molecule is C[C@@H]1Cc2ccsc2[C@H](C)[N+]1(C)CCNC(=O)c1ccc(NS(C)(=O)=O)cc1. The van der Waals surface area contributed by atoms with Crippen molar-refractivity contribution in [3.63, 3.8) is 0 Å². The van der Waals surface area contributed by atoms with Crippen molar-refractivity contribution in [3.8, 4) is 0 Å². The summed E-state index contributed by atoms with van der Waals surface area (Å²) in [5.74, 6) is -0.147. The van der Waals surface area contributed by atoms with Crippen molar-refractivity contribution in [3.05, 3.63) is 51.7 Å². The molecule has 1 unspecified atom stereocenters. The van der Waals surface area contributed by atoms with Gasteiger partial charge in [-0.05, 0) is 55.1 Å². The fourth-order valence-electron chi connectivity index (χ4n) is 3.89. The topological polar surface area (TPSA) is 75.3 Å². The van der Waals surface area contributed by atoms with E-state index in [1.165, 1.54) is 10.4 Å². The molecule has 1 aliphatic heterocycles. The minimum atomic E-state index is -3.32. The molecule has 3 atom stereocenters. The predicted octanol–water partition coefficient (Wildman–Crippen LogP) is 3.00. The summed E-state index contributed by atoms with van der Waals surface area (Å²) in [6.45, 7) is 6.01. The van der Waals surface area contributed by atoms with Crippen LogP contribution in [-0.2, 0) is 16.4 Å². The highest BCUT2D eigenvalue weighted by molar-refractivity contribution is 7.92. The molecule has 1 aromatic heterocycles. The molecule has 0 radical (unpaired) electrons. The van der Waals surface area contributed by atoms with Gasteiger partial charge in [0.15, 0.2) is 0 Å². The number of fused-ring (bicyclic) bond motifs is 1. The average Bonchev–Trinajstić information content (AvgIpc) is 3.07. The van der Waals surface area contributed by atoms with Crippen molar-refractivity contribution in [1.82, 2.24) is 5.32 Å². The van der Waals surface area contributed by atoms with E-state index in [1.54, 1.807) is 24.3 Å². The number of hydrogen-bond donors (Lipinski definition) is 2. The molecule has 0 saturated heterocycles. The molecular formula is C20H28N3O3S2+. The first-order valence-corrected chi connectivity index (χ1v) is 12.1. The molecule has 6 nitrogen and oxygen atoms in total. The lowest BCUT2D eigenvalue weighted by Gasteiger charge is -2.48. The fourth-order valence-corrected chi connectivity index (χ4v) is 5.57. The Morgan fingerprint density at radius 3 is 2.54 bits per heavy atom. The monoisotopic (exact) mass is 422 g/mol. The van der Waals surface area contributed by atoms with E-state index in [9.17, 15) is 13.2 Å². The van der Waals surface area contributed by atoms with Gasteiger partial charge in [0, 0.05) is 17.7 Å². The number of carbonyl (C=O) groups excluding carboxylic acids is 1. The lowest BCUT2D eigenvalue weighted by Crippen LogP contribution is -2.58. The third-order valence-corrected chi connectivity index (χ3v) is 7.63. The largest absolute Gasteiger partial charge is 0.346 e. The van der Waals surface area contributed by atoms with Crippen LogP contribution in [0.15, 0.2) is 35.7 Å². The third kappa shape index (κ3) is 4.39. The molecule has 0 fully saturated rings. The highest BCUT2D eigenvalue weighted by Gasteiger charge is 2.41. The zero-order valence-electron chi connectivity index (χ0n) is 16.7. The highest BCUT2D eigenvalue weighted by atomic mass is 32.2. The summed E-state index contributed by atoms with van der Waals surface area (Å²) in [5.41, 5.74) is 2.43. The van der Waals surface area contributed by atoms with Gasteiger partial charge in [0.1, 0.15) is 6.04 Å². The van der Waals surface area contributed by atoms with E-state index in [4.69, 9.17) is 0 Å². The smallest absolute Gasteiger partial charge is 0.251 e. The molecule has 1 amide bonds. The summed E-state index contributed by atoms with van der Waals surface area (Å²) in [6, 6.07) is 9.59. The molecule has 0 aliphatic carbocycles. The van der Waals surface area contributed by atoms with Crippen LogP contribution in [0.4, 0.5) is 5.69 Å². The van der Waals surface area contributed by atoms with Crippen molar-refractivity contribution in [1.29, 1.82) is 0 Å². The zero-order valence-corrected chi connectivity index (χ0v) is 18.4. The Morgan fingerprint density at radius 2 is 1.89 bits per heavy atom. The van der Waals surface area contributed by atoms with Crippen LogP contribution in [0.5, 0.6) is 0 Å². The second kappa shape index (κ2) is 7.85. The van der Waals surface area contributed by atoms with Crippen LogP contribution in [0.3, 0.4) is 0 Å². The summed E-state index contributed by atoms with van der Waals surface area (Å²) in [6.07, 6.45) is 2.17. The van der Waals surface area contributed by atoms with Crippen molar-refractivity contribution >= 4 is 33.0 Å². The summed E-state index contributed by atoms with van der Waals surface area (Å²) in [4.78, 5) is 13.9. The first kappa shape index (κ1) is 20.8. The van der Waals surface area contributed by atoms with Gasteiger partial charge < -0.3 is 9.80 Å². The van der Waals surface area contributed by atoms with Crippen LogP contribution in [0.1, 0.15) is 40.7 Å². The predicted molar refractivity (Wildman–Crippen MR) is 114 cm³/mol. The molecule has 0 spiro atoms. The molecule has 152 valence electrons. The number of hydrogen-bond acceptors (Lipinski definition) is 4. The molecule has 3 rings (SSSR count). The summed E-state index contributed by atoms with van der Waals surface area (Å²) < 4.78 is 25.8. The first-order valence-electron chi connectivity index (χ1n) is 9.37. The molecule has 28 heavy (non-hydrogen) atoms. The maximum Gasteiger partial charge on any atom is 0.251 e. The summed E-state index contributed by atoms with van der Waals surface area (Å²) in [7, 11) is -1.05. The maximum absolute atomic E-state index is 12.5. The number of carbonyl (C=O) groups is 1. The number of amides is 1. The lowest BCUT2D eigenvalue weighted by atomic mass is 9.93. The average molecular weight is 423 g/mol. The zero-order chi connectivity index (χ0) is 20.5. The van der Waals surface area contributed by atoms with Gasteiger partial charge in [-0.2, -0.15) is 0 Å². The van der Waals surface area contributed by atoms with Crippen LogP contribution >= 0.6 is 11.3 Å². The van der Waals surface area contributed by atoms with Gasteiger partial charge in [-0.3, -0.25) is 9.52 Å². The Bertz CT molecular complexity index is 953. The Kier molecular flexibility index (Phi) is 5.84. The number of likely N-dealkylation sites (N-methyl/N-ethyl adjacent to an activating group) is 1. The molecule has 1 aromatic carbocycles. The Hall–Kier alpha value is -1.90. The number of nitrogens with zero attached hydrogens (tertiary/aromatic N) is 1. The number of rotatable bonds is 6. The Balaban J connectivity index is 1.59. The number of benzene rings is 1. The van der Waals surface area contributed by atoms with Crippen LogP contribution in [0.2, 0.25) is 0 Å². The molecule has 2 N–H and O–H groups in total. The number of sulfonamides is 1. The normalized spacial score (nSPS) is 24.4. The number of anilines is 1. The van der Waals surface area contributed by atoms with E-state index < -0.39 is 10.0 Å². The van der Waals surface area contributed by atoms with Crippen LogP contribution in [-0.4, -0.2) is 51.2 Å². The molecule has 0 bridgehead atoms. The van der Waals surface area contributed by atoms with Crippen molar-refractivity contribution in [2.75, 3.05) is 31.1 Å². The maximum atomic E-state index is 12.5. The Labute approximate surface area is 171 Å². The van der Waals surface area contributed by atoms with Crippen molar-refractivity contribution < 1.29 is 17.7 Å². The number of nitrogens with one attached hydrogen (secondary N) is 2. The molecule has 0 saturated carbocycles. The van der Waals surface area contributed by atoms with E-state index in [0.29, 0.717) is 29.9 Å². The van der Waals surface area contributed by atoms with Crippen LogP contribution in [0, 0.1) is 0 Å².